The van der Waals surface area contributed by atoms with Crippen LogP contribution in [0.3, 0.4) is 0 Å². The largest absolute Gasteiger partial charge is 0.497 e. The number of rotatable bonds is 5. The number of nitrogens with one attached hydrogen (secondary N) is 1. The van der Waals surface area contributed by atoms with Crippen LogP contribution in [-0.2, 0) is 4.79 Å². The van der Waals surface area contributed by atoms with Crippen molar-refractivity contribution in [3.63, 3.8) is 0 Å². The third-order valence-corrected chi connectivity index (χ3v) is 3.79. The number of likely N-dealkylation sites (tertiary alicyclic amines) is 1. The molecule has 6 heteroatoms. The molecule has 0 spiro atoms. The molecule has 1 aromatic carbocycles. The van der Waals surface area contributed by atoms with E-state index in [1.807, 2.05) is 31.2 Å². The van der Waals surface area contributed by atoms with E-state index >= 15 is 0 Å². The molecule has 5 nitrogen and oxygen atoms in total. The second kappa shape index (κ2) is 8.22. The van der Waals surface area contributed by atoms with E-state index in [1.165, 1.54) is 0 Å². The first-order chi connectivity index (χ1) is 9.58. The maximum Gasteiger partial charge on any atom is 0.238 e. The lowest BCUT2D eigenvalue weighted by Gasteiger charge is -2.17. The van der Waals surface area contributed by atoms with Gasteiger partial charge in [0, 0.05) is 18.3 Å². The van der Waals surface area contributed by atoms with Crippen molar-refractivity contribution < 1.29 is 9.53 Å². The van der Waals surface area contributed by atoms with Crippen LogP contribution < -0.4 is 15.8 Å². The molecule has 0 aliphatic carbocycles. The van der Waals surface area contributed by atoms with Crippen molar-refractivity contribution in [1.29, 1.82) is 0 Å². The Balaban J connectivity index is 0.00000220. The summed E-state index contributed by atoms with van der Waals surface area (Å²) in [4.78, 5) is 14.1. The molecule has 0 radical (unpaired) electrons. The molecule has 1 amide bonds. The summed E-state index contributed by atoms with van der Waals surface area (Å²) in [7, 11) is 1.62. The third-order valence-electron chi connectivity index (χ3n) is 3.79. The number of carbonyl (C=O) groups excluding carboxylic acids is 1. The zero-order valence-corrected chi connectivity index (χ0v) is 13.4. The number of hydrogen-bond acceptors (Lipinski definition) is 4. The molecule has 118 valence electrons. The van der Waals surface area contributed by atoms with E-state index in [-0.39, 0.29) is 24.4 Å². The smallest absolute Gasteiger partial charge is 0.238 e. The Labute approximate surface area is 132 Å². The number of ether oxygens (including phenoxy) is 1. The van der Waals surface area contributed by atoms with Crippen LogP contribution in [0.2, 0.25) is 0 Å². The number of hydrogen-bond donors (Lipinski definition) is 2. The van der Waals surface area contributed by atoms with Crippen molar-refractivity contribution in [2.45, 2.75) is 19.4 Å². The highest BCUT2D eigenvalue weighted by atomic mass is 35.5. The summed E-state index contributed by atoms with van der Waals surface area (Å²) in [6, 6.07) is 7.54. The predicted molar refractivity (Wildman–Crippen MR) is 87.1 cm³/mol. The van der Waals surface area contributed by atoms with Gasteiger partial charge >= 0.3 is 0 Å². The van der Waals surface area contributed by atoms with Crippen LogP contribution in [-0.4, -0.2) is 43.6 Å². The third kappa shape index (κ3) is 5.19. The van der Waals surface area contributed by atoms with Crippen molar-refractivity contribution in [3.8, 4) is 5.75 Å². The van der Waals surface area contributed by atoms with E-state index in [0.29, 0.717) is 12.5 Å². The average molecular weight is 314 g/mol. The van der Waals surface area contributed by atoms with Gasteiger partial charge in [-0.2, -0.15) is 0 Å². The fourth-order valence-electron chi connectivity index (χ4n) is 2.51. The van der Waals surface area contributed by atoms with Crippen LogP contribution >= 0.6 is 12.4 Å². The molecule has 1 aromatic rings. The van der Waals surface area contributed by atoms with Crippen LogP contribution in [0, 0.1) is 5.92 Å². The number of carbonyl (C=O) groups is 1. The quantitative estimate of drug-likeness (QED) is 0.868. The first-order valence-electron chi connectivity index (χ1n) is 7.00. The van der Waals surface area contributed by atoms with Crippen LogP contribution in [0.5, 0.6) is 5.75 Å². The molecule has 2 rings (SSSR count). The lowest BCUT2D eigenvalue weighted by atomic mass is 10.0. The Morgan fingerprint density at radius 1 is 1.48 bits per heavy atom. The number of amides is 1. The Morgan fingerprint density at radius 2 is 2.14 bits per heavy atom. The van der Waals surface area contributed by atoms with Crippen LogP contribution in [0.15, 0.2) is 24.3 Å². The van der Waals surface area contributed by atoms with Crippen LogP contribution in [0.25, 0.3) is 0 Å². The second-order valence-electron chi connectivity index (χ2n) is 5.42. The molecule has 2 unspecified atom stereocenters. The Morgan fingerprint density at radius 3 is 2.67 bits per heavy atom. The molecule has 0 saturated carbocycles. The van der Waals surface area contributed by atoms with E-state index < -0.39 is 0 Å². The first kappa shape index (κ1) is 17.8. The van der Waals surface area contributed by atoms with Gasteiger partial charge in [0.25, 0.3) is 0 Å². The summed E-state index contributed by atoms with van der Waals surface area (Å²) < 4.78 is 5.08. The Kier molecular flexibility index (Phi) is 6.95. The maximum absolute atomic E-state index is 12.0. The van der Waals surface area contributed by atoms with Gasteiger partial charge < -0.3 is 15.8 Å². The fraction of sp³-hybridized carbons (Fsp3) is 0.533. The molecule has 2 atom stereocenters. The summed E-state index contributed by atoms with van der Waals surface area (Å²) in [6.07, 6.45) is 1.08. The summed E-state index contributed by atoms with van der Waals surface area (Å²) in [6.45, 7) is 4.32. The number of nitrogens with two attached hydrogens (primary N) is 1. The highest BCUT2D eigenvalue weighted by Gasteiger charge is 2.26. The van der Waals surface area contributed by atoms with E-state index in [2.05, 4.69) is 10.2 Å². The molecular formula is C15H24ClN3O2. The summed E-state index contributed by atoms with van der Waals surface area (Å²) in [5.41, 5.74) is 6.69. The molecule has 21 heavy (non-hydrogen) atoms. The van der Waals surface area contributed by atoms with Gasteiger partial charge in [-0.05, 0) is 50.1 Å². The Bertz CT molecular complexity index is 451. The number of nitrogens with zero attached hydrogens (tertiary/aromatic N) is 1. The highest BCUT2D eigenvalue weighted by Crippen LogP contribution is 2.19. The number of methoxy groups -OCH3 is 1. The molecule has 1 heterocycles. The highest BCUT2D eigenvalue weighted by molar-refractivity contribution is 5.92. The van der Waals surface area contributed by atoms with E-state index in [9.17, 15) is 4.79 Å². The van der Waals surface area contributed by atoms with Gasteiger partial charge in [0.1, 0.15) is 5.75 Å². The summed E-state index contributed by atoms with van der Waals surface area (Å²) in [5.74, 6) is 1.30. The van der Waals surface area contributed by atoms with Gasteiger partial charge in [-0.25, -0.2) is 0 Å². The molecule has 3 N–H and O–H groups in total. The molecule has 0 aromatic heterocycles. The zero-order valence-electron chi connectivity index (χ0n) is 12.5. The average Bonchev–Trinajstić information content (AvgIpc) is 2.88. The lowest BCUT2D eigenvalue weighted by molar-refractivity contribution is -0.117. The molecule has 0 bridgehead atoms. The molecule has 1 aliphatic heterocycles. The zero-order chi connectivity index (χ0) is 14.5. The molecule has 1 aliphatic rings. The SMILES string of the molecule is COc1ccc(NC(=O)CN2CCC(C(C)N)C2)cc1.Cl. The topological polar surface area (TPSA) is 67.6 Å². The lowest BCUT2D eigenvalue weighted by Crippen LogP contribution is -2.34. The monoisotopic (exact) mass is 313 g/mol. The summed E-state index contributed by atoms with van der Waals surface area (Å²) in [5, 5.41) is 2.90. The van der Waals surface area contributed by atoms with E-state index in [4.69, 9.17) is 10.5 Å². The van der Waals surface area contributed by atoms with Gasteiger partial charge in [-0.15, -0.1) is 12.4 Å². The molecule has 1 saturated heterocycles. The molecular weight excluding hydrogens is 290 g/mol. The van der Waals surface area contributed by atoms with Crippen molar-refractivity contribution in [3.05, 3.63) is 24.3 Å². The Hall–Kier alpha value is -1.30. The summed E-state index contributed by atoms with van der Waals surface area (Å²) >= 11 is 0. The normalized spacial score (nSPS) is 19.7. The van der Waals surface area contributed by atoms with Gasteiger partial charge in [0.15, 0.2) is 0 Å². The standard InChI is InChI=1S/C15H23N3O2.ClH/c1-11(16)12-7-8-18(9-12)10-15(19)17-13-3-5-14(20-2)6-4-13;/h3-6,11-12H,7-10,16H2,1-2H3,(H,17,19);1H. The number of anilines is 1. The minimum absolute atomic E-state index is 0. The van der Waals surface area contributed by atoms with Crippen molar-refractivity contribution in [1.82, 2.24) is 4.90 Å². The van der Waals surface area contributed by atoms with Gasteiger partial charge in [0.05, 0.1) is 13.7 Å². The minimum Gasteiger partial charge on any atom is -0.497 e. The van der Waals surface area contributed by atoms with Crippen LogP contribution in [0.4, 0.5) is 5.69 Å². The van der Waals surface area contributed by atoms with Crippen molar-refractivity contribution in [2.75, 3.05) is 32.1 Å². The number of halogens is 1. The van der Waals surface area contributed by atoms with Crippen molar-refractivity contribution in [2.24, 2.45) is 11.7 Å². The van der Waals surface area contributed by atoms with Crippen LogP contribution in [0.1, 0.15) is 13.3 Å². The van der Waals surface area contributed by atoms with Gasteiger partial charge in [-0.1, -0.05) is 0 Å². The van der Waals surface area contributed by atoms with Crippen molar-refractivity contribution >= 4 is 24.0 Å². The second-order valence-corrected chi connectivity index (χ2v) is 5.42. The minimum atomic E-state index is 0. The maximum atomic E-state index is 12.0. The van der Waals surface area contributed by atoms with Gasteiger partial charge in [0.2, 0.25) is 5.91 Å². The fourth-order valence-corrected chi connectivity index (χ4v) is 2.51. The van der Waals surface area contributed by atoms with Gasteiger partial charge in [-0.3, -0.25) is 9.69 Å². The van der Waals surface area contributed by atoms with E-state index in [0.717, 1.165) is 30.9 Å². The molecule has 1 fully saturated rings. The predicted octanol–water partition coefficient (Wildman–Crippen LogP) is 1.72. The number of benzene rings is 1. The first-order valence-corrected chi connectivity index (χ1v) is 7.00. The van der Waals surface area contributed by atoms with E-state index in [1.54, 1.807) is 7.11 Å².